The number of aromatic nitrogens is 6. The second-order valence-corrected chi connectivity index (χ2v) is 9.25. The van der Waals surface area contributed by atoms with E-state index < -0.39 is 11.8 Å². The molecule has 14 heteroatoms. The Balaban J connectivity index is 1.31. The van der Waals surface area contributed by atoms with E-state index in [0.29, 0.717) is 18.9 Å². The molecule has 2 aromatic carbocycles. The number of nitrogens with zero attached hydrogens (tertiary/aromatic N) is 7. The van der Waals surface area contributed by atoms with Gasteiger partial charge in [-0.1, -0.05) is 36.4 Å². The van der Waals surface area contributed by atoms with E-state index in [1.807, 2.05) is 31.2 Å². The van der Waals surface area contributed by atoms with Gasteiger partial charge >= 0.3 is 6.03 Å². The Morgan fingerprint density at radius 2 is 1.63 bits per heavy atom. The van der Waals surface area contributed by atoms with Crippen molar-refractivity contribution in [3.8, 4) is 11.4 Å². The SMILES string of the molecule is C[C@H](NC(=O)c1cc(C(=O)NCc2ccc(F)cc2)ncn1)c1ccc(-c2nnn(CCNC(=O)N(C)C)n2)cc1. The lowest BCUT2D eigenvalue weighted by Gasteiger charge is -2.14. The van der Waals surface area contributed by atoms with Crippen molar-refractivity contribution in [1.82, 2.24) is 51.0 Å². The predicted molar refractivity (Wildman–Crippen MR) is 146 cm³/mol. The highest BCUT2D eigenvalue weighted by Crippen LogP contribution is 2.19. The van der Waals surface area contributed by atoms with Gasteiger partial charge in [0.15, 0.2) is 0 Å². The van der Waals surface area contributed by atoms with Crippen LogP contribution in [0.1, 0.15) is 45.1 Å². The summed E-state index contributed by atoms with van der Waals surface area (Å²) in [4.78, 5) is 47.8. The van der Waals surface area contributed by atoms with E-state index in [1.54, 1.807) is 26.2 Å². The third-order valence-corrected chi connectivity index (χ3v) is 5.96. The van der Waals surface area contributed by atoms with Crippen LogP contribution in [0.2, 0.25) is 0 Å². The van der Waals surface area contributed by atoms with E-state index in [-0.39, 0.29) is 35.8 Å². The molecule has 0 aliphatic carbocycles. The molecule has 1 atom stereocenters. The third-order valence-electron chi connectivity index (χ3n) is 5.96. The molecule has 0 fully saturated rings. The molecule has 212 valence electrons. The number of amides is 4. The minimum absolute atomic E-state index is 0.0323. The fourth-order valence-corrected chi connectivity index (χ4v) is 3.63. The number of hydrogen-bond acceptors (Lipinski definition) is 8. The summed E-state index contributed by atoms with van der Waals surface area (Å²) in [5.41, 5.74) is 2.36. The third kappa shape index (κ3) is 7.88. The van der Waals surface area contributed by atoms with E-state index in [9.17, 15) is 18.8 Å². The standard InChI is InChI=1S/C27H29FN10O3/c1-17(19-6-8-20(9-7-19)24-34-36-38(35-24)13-12-29-27(41)37(2)3)33-26(40)23-14-22(31-16-32-23)25(39)30-15-18-4-10-21(28)11-5-18/h4-11,14,16-17H,12-13,15H2,1-3H3,(H,29,41)(H,30,39)(H,33,40)/t17-/m0/s1. The van der Waals surface area contributed by atoms with Crippen LogP contribution in [0.4, 0.5) is 9.18 Å². The summed E-state index contributed by atoms with van der Waals surface area (Å²) in [5, 5.41) is 20.7. The first kappa shape index (κ1) is 28.7. The summed E-state index contributed by atoms with van der Waals surface area (Å²) in [5.74, 6) is -0.891. The minimum atomic E-state index is -0.488. The van der Waals surface area contributed by atoms with Crippen LogP contribution in [0.3, 0.4) is 0 Å². The molecule has 41 heavy (non-hydrogen) atoms. The van der Waals surface area contributed by atoms with Crippen molar-refractivity contribution in [2.45, 2.75) is 26.1 Å². The summed E-state index contributed by atoms with van der Waals surface area (Å²) in [6.07, 6.45) is 1.15. The minimum Gasteiger partial charge on any atom is -0.347 e. The van der Waals surface area contributed by atoms with Crippen LogP contribution >= 0.6 is 0 Å². The molecular formula is C27H29FN10O3. The molecule has 4 amide bonds. The van der Waals surface area contributed by atoms with Crippen LogP contribution in [-0.2, 0) is 13.1 Å². The summed E-state index contributed by atoms with van der Waals surface area (Å²) < 4.78 is 13.1. The van der Waals surface area contributed by atoms with Gasteiger partial charge in [-0.25, -0.2) is 19.2 Å². The molecule has 4 rings (SSSR count). The maximum absolute atomic E-state index is 13.1. The highest BCUT2D eigenvalue weighted by atomic mass is 19.1. The zero-order valence-electron chi connectivity index (χ0n) is 22.7. The molecule has 0 saturated carbocycles. The number of halogens is 1. The molecule has 0 aliphatic rings. The van der Waals surface area contributed by atoms with Crippen LogP contribution in [-0.4, -0.2) is 73.6 Å². The van der Waals surface area contributed by atoms with Crippen molar-refractivity contribution in [3.05, 3.63) is 89.3 Å². The van der Waals surface area contributed by atoms with Crippen molar-refractivity contribution >= 4 is 17.8 Å². The Labute approximate surface area is 235 Å². The monoisotopic (exact) mass is 560 g/mol. The molecule has 0 saturated heterocycles. The van der Waals surface area contributed by atoms with Crippen molar-refractivity contribution in [2.24, 2.45) is 0 Å². The number of tetrazole rings is 1. The first-order valence-corrected chi connectivity index (χ1v) is 12.7. The van der Waals surface area contributed by atoms with Gasteiger partial charge in [-0.2, -0.15) is 4.80 Å². The number of benzene rings is 2. The number of carbonyl (C=O) groups is 3. The van der Waals surface area contributed by atoms with Gasteiger partial charge in [0.1, 0.15) is 23.5 Å². The Morgan fingerprint density at radius 1 is 0.951 bits per heavy atom. The lowest BCUT2D eigenvalue weighted by atomic mass is 10.1. The molecule has 0 spiro atoms. The van der Waals surface area contributed by atoms with Gasteiger partial charge < -0.3 is 20.9 Å². The highest BCUT2D eigenvalue weighted by molar-refractivity contribution is 5.97. The summed E-state index contributed by atoms with van der Waals surface area (Å²) in [7, 11) is 3.31. The van der Waals surface area contributed by atoms with Gasteiger partial charge in [-0.3, -0.25) is 9.59 Å². The fourth-order valence-electron chi connectivity index (χ4n) is 3.63. The highest BCUT2D eigenvalue weighted by Gasteiger charge is 2.16. The smallest absolute Gasteiger partial charge is 0.316 e. The van der Waals surface area contributed by atoms with E-state index in [1.165, 1.54) is 27.9 Å². The second-order valence-electron chi connectivity index (χ2n) is 9.25. The molecule has 0 radical (unpaired) electrons. The number of hydrogen-bond donors (Lipinski definition) is 3. The number of rotatable bonds is 10. The van der Waals surface area contributed by atoms with E-state index in [0.717, 1.165) is 23.0 Å². The van der Waals surface area contributed by atoms with Crippen LogP contribution in [0, 0.1) is 5.82 Å². The number of nitrogens with one attached hydrogen (secondary N) is 3. The normalized spacial score (nSPS) is 11.4. The number of carbonyl (C=O) groups excluding carboxylic acids is 3. The summed E-state index contributed by atoms with van der Waals surface area (Å²) in [6.45, 7) is 2.73. The van der Waals surface area contributed by atoms with Gasteiger partial charge in [0.05, 0.1) is 12.6 Å². The molecular weight excluding hydrogens is 531 g/mol. The fraction of sp³-hybridized carbons (Fsp3) is 0.259. The maximum atomic E-state index is 13.1. The molecule has 2 heterocycles. The lowest BCUT2D eigenvalue weighted by Crippen LogP contribution is -2.36. The van der Waals surface area contributed by atoms with Crippen molar-refractivity contribution in [2.75, 3.05) is 20.6 Å². The first-order valence-electron chi connectivity index (χ1n) is 12.7. The first-order chi connectivity index (χ1) is 19.7. The van der Waals surface area contributed by atoms with E-state index in [2.05, 4.69) is 41.3 Å². The van der Waals surface area contributed by atoms with E-state index >= 15 is 0 Å². The maximum Gasteiger partial charge on any atom is 0.316 e. The molecule has 13 nitrogen and oxygen atoms in total. The van der Waals surface area contributed by atoms with Gasteiger partial charge in [0, 0.05) is 38.8 Å². The second kappa shape index (κ2) is 13.2. The largest absolute Gasteiger partial charge is 0.347 e. The van der Waals surface area contributed by atoms with Gasteiger partial charge in [-0.15, -0.1) is 10.2 Å². The van der Waals surface area contributed by atoms with Crippen LogP contribution in [0.5, 0.6) is 0 Å². The number of urea groups is 1. The zero-order chi connectivity index (χ0) is 29.4. The van der Waals surface area contributed by atoms with Gasteiger partial charge in [0.2, 0.25) is 5.82 Å². The average Bonchev–Trinajstić information content (AvgIpc) is 3.45. The molecule has 2 aromatic heterocycles. The van der Waals surface area contributed by atoms with Gasteiger partial charge in [0.25, 0.3) is 11.8 Å². The molecule has 4 aromatic rings. The van der Waals surface area contributed by atoms with Crippen molar-refractivity contribution < 1.29 is 18.8 Å². The summed E-state index contributed by atoms with van der Waals surface area (Å²) >= 11 is 0. The quantitative estimate of drug-likeness (QED) is 0.265. The molecule has 0 aliphatic heterocycles. The molecule has 3 N–H and O–H groups in total. The van der Waals surface area contributed by atoms with Crippen molar-refractivity contribution in [1.29, 1.82) is 0 Å². The van der Waals surface area contributed by atoms with Crippen LogP contribution in [0.15, 0.2) is 60.9 Å². The lowest BCUT2D eigenvalue weighted by molar-refractivity contribution is 0.0934. The molecule has 0 unspecified atom stereocenters. The Morgan fingerprint density at radius 3 is 2.32 bits per heavy atom. The van der Waals surface area contributed by atoms with Gasteiger partial charge in [-0.05, 0) is 35.4 Å². The Hall–Kier alpha value is -5.27. The zero-order valence-corrected chi connectivity index (χ0v) is 22.7. The van der Waals surface area contributed by atoms with Crippen molar-refractivity contribution in [3.63, 3.8) is 0 Å². The van der Waals surface area contributed by atoms with E-state index in [4.69, 9.17) is 0 Å². The Kier molecular flexibility index (Phi) is 9.24. The molecule has 0 bridgehead atoms. The van der Waals surface area contributed by atoms with Crippen LogP contribution < -0.4 is 16.0 Å². The summed E-state index contributed by atoms with van der Waals surface area (Å²) in [6, 6.07) is 13.8. The van der Waals surface area contributed by atoms with Crippen LogP contribution in [0.25, 0.3) is 11.4 Å². The predicted octanol–water partition coefficient (Wildman–Crippen LogP) is 1.96. The average molecular weight is 561 g/mol. The Bertz CT molecular complexity index is 1510. The topological polar surface area (TPSA) is 160 Å².